The van der Waals surface area contributed by atoms with Gasteiger partial charge in [0.25, 0.3) is 0 Å². The summed E-state index contributed by atoms with van der Waals surface area (Å²) in [4.78, 5) is 0. The highest BCUT2D eigenvalue weighted by Gasteiger charge is 2.02. The molecule has 62 valence electrons. The number of hydrogen-bond donors (Lipinski definition) is 2. The van der Waals surface area contributed by atoms with Crippen LogP contribution in [0, 0.1) is 0 Å². The van der Waals surface area contributed by atoms with Gasteiger partial charge in [0, 0.05) is 17.6 Å². The minimum atomic E-state index is 0.342. The number of nitrogens with two attached hydrogens (primary N) is 1. The summed E-state index contributed by atoms with van der Waals surface area (Å²) in [7, 11) is 0. The van der Waals surface area contributed by atoms with Gasteiger partial charge in [-0.3, -0.25) is 0 Å². The molecule has 1 rings (SSSR count). The zero-order valence-electron chi connectivity index (χ0n) is 6.32. The van der Waals surface area contributed by atoms with Crippen LogP contribution >= 0.6 is 11.5 Å². The fourth-order valence-electron chi connectivity index (χ4n) is 0.722. The summed E-state index contributed by atoms with van der Waals surface area (Å²) in [5, 5.41) is 11.1. The summed E-state index contributed by atoms with van der Waals surface area (Å²) in [5.74, 6) is 0. The second-order valence-electron chi connectivity index (χ2n) is 2.29. The third-order valence-electron chi connectivity index (χ3n) is 1.27. The molecule has 1 atom stereocenters. The molecule has 0 aliphatic heterocycles. The van der Waals surface area contributed by atoms with Crippen molar-refractivity contribution < 1.29 is 0 Å². The highest BCUT2D eigenvalue weighted by molar-refractivity contribution is 7.09. The van der Waals surface area contributed by atoms with Crippen LogP contribution in [0.2, 0.25) is 0 Å². The van der Waals surface area contributed by atoms with E-state index >= 15 is 0 Å². The molecule has 6 heteroatoms. The first-order valence-corrected chi connectivity index (χ1v) is 4.22. The van der Waals surface area contributed by atoms with Crippen molar-refractivity contribution in [3.05, 3.63) is 0 Å². The Hall–Kier alpha value is -0.750. The van der Waals surface area contributed by atoms with Crippen molar-refractivity contribution in [2.75, 3.05) is 11.9 Å². The Morgan fingerprint density at radius 3 is 3.09 bits per heavy atom. The number of nitrogens with zero attached hydrogens (tertiary/aromatic N) is 3. The molecule has 3 N–H and O–H groups in total. The first-order valence-electron chi connectivity index (χ1n) is 3.44. The quantitative estimate of drug-likeness (QED) is 0.674. The summed E-state index contributed by atoms with van der Waals surface area (Å²) >= 11 is 1.25. The molecule has 0 aliphatic rings. The fourth-order valence-corrected chi connectivity index (χ4v) is 1.20. The molecular formula is C5H11N5S. The molecular weight excluding hydrogens is 162 g/mol. The van der Waals surface area contributed by atoms with Crippen molar-refractivity contribution in [1.82, 2.24) is 14.8 Å². The van der Waals surface area contributed by atoms with Crippen LogP contribution in [-0.4, -0.2) is 27.4 Å². The van der Waals surface area contributed by atoms with Gasteiger partial charge < -0.3 is 11.1 Å². The van der Waals surface area contributed by atoms with Crippen molar-refractivity contribution >= 4 is 16.7 Å². The van der Waals surface area contributed by atoms with Gasteiger partial charge in [-0.2, -0.15) is 0 Å². The number of nitrogens with one attached hydrogen (secondary N) is 1. The predicted octanol–water partition coefficient (Wildman–Crippen LogP) is 0.0823. The molecule has 0 aliphatic carbocycles. The van der Waals surface area contributed by atoms with Gasteiger partial charge >= 0.3 is 0 Å². The van der Waals surface area contributed by atoms with E-state index in [1.807, 2.05) is 6.92 Å². The number of rotatable bonds is 4. The molecule has 0 saturated heterocycles. The van der Waals surface area contributed by atoms with Gasteiger partial charge in [-0.05, 0) is 25.1 Å². The van der Waals surface area contributed by atoms with Crippen LogP contribution in [0.4, 0.5) is 5.13 Å². The molecule has 1 heterocycles. The average molecular weight is 173 g/mol. The van der Waals surface area contributed by atoms with Crippen molar-refractivity contribution in [2.24, 2.45) is 5.73 Å². The SMILES string of the molecule is CC(CCN)Nc1nnns1. The van der Waals surface area contributed by atoms with E-state index in [9.17, 15) is 0 Å². The van der Waals surface area contributed by atoms with Crippen LogP contribution in [0.25, 0.3) is 0 Å². The molecule has 0 aromatic carbocycles. The summed E-state index contributed by atoms with van der Waals surface area (Å²) in [6, 6.07) is 0.342. The summed E-state index contributed by atoms with van der Waals surface area (Å²) in [5.41, 5.74) is 5.37. The minimum absolute atomic E-state index is 0.342. The second-order valence-corrected chi connectivity index (χ2v) is 3.02. The van der Waals surface area contributed by atoms with E-state index in [1.165, 1.54) is 11.5 Å². The molecule has 0 bridgehead atoms. The first kappa shape index (κ1) is 8.35. The molecule has 0 radical (unpaired) electrons. The van der Waals surface area contributed by atoms with Crippen LogP contribution in [0.1, 0.15) is 13.3 Å². The van der Waals surface area contributed by atoms with Gasteiger partial charge in [-0.25, -0.2) is 0 Å². The molecule has 0 saturated carbocycles. The van der Waals surface area contributed by atoms with Crippen LogP contribution in [0.15, 0.2) is 0 Å². The van der Waals surface area contributed by atoms with Crippen LogP contribution in [0.3, 0.4) is 0 Å². The highest BCUT2D eigenvalue weighted by atomic mass is 32.1. The lowest BCUT2D eigenvalue weighted by molar-refractivity contribution is 0.714. The molecule has 11 heavy (non-hydrogen) atoms. The van der Waals surface area contributed by atoms with Gasteiger partial charge in [-0.15, -0.1) is 0 Å². The summed E-state index contributed by atoms with van der Waals surface area (Å²) in [6.45, 7) is 2.73. The molecule has 5 nitrogen and oxygen atoms in total. The van der Waals surface area contributed by atoms with Crippen LogP contribution < -0.4 is 11.1 Å². The van der Waals surface area contributed by atoms with E-state index in [4.69, 9.17) is 5.73 Å². The largest absolute Gasteiger partial charge is 0.356 e. The van der Waals surface area contributed by atoms with Crippen molar-refractivity contribution in [2.45, 2.75) is 19.4 Å². The van der Waals surface area contributed by atoms with E-state index in [-0.39, 0.29) is 0 Å². The standard InChI is InChI=1S/C5H11N5S/c1-4(2-3-6)7-5-8-9-10-11-5/h4H,2-3,6H2,1H3,(H,7,8,10). The first-order chi connectivity index (χ1) is 5.33. The van der Waals surface area contributed by atoms with E-state index in [0.29, 0.717) is 12.6 Å². The van der Waals surface area contributed by atoms with E-state index in [0.717, 1.165) is 11.6 Å². The van der Waals surface area contributed by atoms with Gasteiger partial charge in [-0.1, -0.05) is 9.59 Å². The minimum Gasteiger partial charge on any atom is -0.356 e. The Kier molecular flexibility index (Phi) is 3.18. The average Bonchev–Trinajstić information content (AvgIpc) is 2.40. The monoisotopic (exact) mass is 173 g/mol. The van der Waals surface area contributed by atoms with Gasteiger partial charge in [0.15, 0.2) is 0 Å². The number of hydrogen-bond acceptors (Lipinski definition) is 6. The van der Waals surface area contributed by atoms with Gasteiger partial charge in [0.2, 0.25) is 5.13 Å². The van der Waals surface area contributed by atoms with Crippen molar-refractivity contribution in [1.29, 1.82) is 0 Å². The predicted molar refractivity (Wildman–Crippen MR) is 44.5 cm³/mol. The Morgan fingerprint density at radius 1 is 1.73 bits per heavy atom. The van der Waals surface area contributed by atoms with E-state index in [2.05, 4.69) is 20.1 Å². The second kappa shape index (κ2) is 4.20. The van der Waals surface area contributed by atoms with Crippen LogP contribution in [0.5, 0.6) is 0 Å². The Bertz CT molecular complexity index is 187. The Labute approximate surface area is 69.2 Å². The summed E-state index contributed by atoms with van der Waals surface area (Å²) < 4.78 is 3.62. The zero-order valence-corrected chi connectivity index (χ0v) is 7.14. The Balaban J connectivity index is 2.31. The normalized spacial score (nSPS) is 12.9. The van der Waals surface area contributed by atoms with Crippen molar-refractivity contribution in [3.63, 3.8) is 0 Å². The lowest BCUT2D eigenvalue weighted by Gasteiger charge is -2.09. The van der Waals surface area contributed by atoms with Gasteiger partial charge in [0.1, 0.15) is 0 Å². The highest BCUT2D eigenvalue weighted by Crippen LogP contribution is 2.07. The molecule has 1 aromatic heterocycles. The molecule has 0 spiro atoms. The summed E-state index contributed by atoms with van der Waals surface area (Å²) in [6.07, 6.45) is 0.930. The molecule has 1 unspecified atom stereocenters. The van der Waals surface area contributed by atoms with Crippen molar-refractivity contribution in [3.8, 4) is 0 Å². The maximum atomic E-state index is 5.37. The third kappa shape index (κ3) is 2.77. The zero-order chi connectivity index (χ0) is 8.10. The number of anilines is 1. The fraction of sp³-hybridized carbons (Fsp3) is 0.800. The maximum Gasteiger partial charge on any atom is 0.225 e. The van der Waals surface area contributed by atoms with E-state index < -0.39 is 0 Å². The lowest BCUT2D eigenvalue weighted by Crippen LogP contribution is -2.19. The van der Waals surface area contributed by atoms with Crippen LogP contribution in [-0.2, 0) is 0 Å². The maximum absolute atomic E-state index is 5.37. The lowest BCUT2D eigenvalue weighted by atomic mass is 10.2. The third-order valence-corrected chi connectivity index (χ3v) is 1.80. The number of aromatic nitrogens is 3. The van der Waals surface area contributed by atoms with E-state index in [1.54, 1.807) is 0 Å². The molecule has 1 aromatic rings. The topological polar surface area (TPSA) is 76.7 Å². The molecule has 0 fully saturated rings. The Morgan fingerprint density at radius 2 is 2.55 bits per heavy atom. The van der Waals surface area contributed by atoms with Gasteiger partial charge in [0.05, 0.1) is 0 Å². The molecule has 0 amide bonds. The smallest absolute Gasteiger partial charge is 0.225 e.